The van der Waals surface area contributed by atoms with E-state index in [0.717, 1.165) is 18.5 Å². The Balaban J connectivity index is 1.50. The number of nitrogens with one attached hydrogen (secondary N) is 1. The second-order valence-electron chi connectivity index (χ2n) is 5.07. The molecule has 2 aromatic rings. The van der Waals surface area contributed by atoms with E-state index in [2.05, 4.69) is 15.5 Å². The molecule has 1 saturated heterocycles. The van der Waals surface area contributed by atoms with Crippen LogP contribution < -0.4 is 5.32 Å². The molecule has 1 aliphatic rings. The van der Waals surface area contributed by atoms with E-state index in [1.165, 1.54) is 23.0 Å². The maximum atomic E-state index is 5.88. The molecule has 0 bridgehead atoms. The van der Waals surface area contributed by atoms with Gasteiger partial charge in [-0.1, -0.05) is 16.8 Å². The van der Waals surface area contributed by atoms with Crippen LogP contribution in [0.25, 0.3) is 11.4 Å². The fourth-order valence-corrected chi connectivity index (χ4v) is 4.78. The first kappa shape index (κ1) is 16.2. The zero-order valence-corrected chi connectivity index (χ0v) is 14.5. The molecule has 22 heavy (non-hydrogen) atoms. The molecule has 0 amide bonds. The average molecular weight is 356 g/mol. The highest BCUT2D eigenvalue weighted by Gasteiger charge is 2.13. The van der Waals surface area contributed by atoms with Gasteiger partial charge in [-0.15, -0.1) is 0 Å². The number of hydrogen-bond acceptors (Lipinski definition) is 6. The summed E-state index contributed by atoms with van der Waals surface area (Å²) in [5, 5.41) is 8.32. The minimum atomic E-state index is 0.580. The maximum Gasteiger partial charge on any atom is 0.228 e. The molecule has 1 N–H and O–H groups in total. The standard InChI is InChI=1S/C15H18ClN3OS2/c16-12-3-1-11(2-4-12)15-18-14(20-19-15)5-6-17-13-9-21-7-8-22-10-13/h1-4,13,17H,5-10H2. The van der Waals surface area contributed by atoms with Crippen LogP contribution in [0, 0.1) is 0 Å². The van der Waals surface area contributed by atoms with Gasteiger partial charge >= 0.3 is 0 Å². The van der Waals surface area contributed by atoms with Crippen LogP contribution in [0.15, 0.2) is 28.8 Å². The lowest BCUT2D eigenvalue weighted by molar-refractivity contribution is 0.375. The van der Waals surface area contributed by atoms with E-state index in [1.54, 1.807) is 0 Å². The Morgan fingerprint density at radius 1 is 1.18 bits per heavy atom. The van der Waals surface area contributed by atoms with Crippen LogP contribution in [0.5, 0.6) is 0 Å². The Labute approximate surface area is 143 Å². The van der Waals surface area contributed by atoms with Gasteiger partial charge in [-0.25, -0.2) is 0 Å². The quantitative estimate of drug-likeness (QED) is 0.887. The van der Waals surface area contributed by atoms with Crippen molar-refractivity contribution in [3.63, 3.8) is 0 Å². The third kappa shape index (κ3) is 4.65. The van der Waals surface area contributed by atoms with Crippen LogP contribution in [0.1, 0.15) is 5.89 Å². The summed E-state index contributed by atoms with van der Waals surface area (Å²) < 4.78 is 5.32. The van der Waals surface area contributed by atoms with Crippen molar-refractivity contribution in [2.75, 3.05) is 29.6 Å². The molecule has 1 fully saturated rings. The summed E-state index contributed by atoms with van der Waals surface area (Å²) in [6.07, 6.45) is 0.756. The first-order valence-corrected chi connectivity index (χ1v) is 9.97. The normalized spacial score (nSPS) is 16.6. The van der Waals surface area contributed by atoms with Gasteiger partial charge in [-0.3, -0.25) is 0 Å². The highest BCUT2D eigenvalue weighted by molar-refractivity contribution is 8.03. The van der Waals surface area contributed by atoms with Crippen LogP contribution in [-0.2, 0) is 6.42 Å². The van der Waals surface area contributed by atoms with Crippen LogP contribution in [0.2, 0.25) is 5.02 Å². The molecule has 1 aliphatic heterocycles. The highest BCUT2D eigenvalue weighted by Crippen LogP contribution is 2.19. The summed E-state index contributed by atoms with van der Waals surface area (Å²) in [5.41, 5.74) is 0.920. The van der Waals surface area contributed by atoms with Gasteiger partial charge in [-0.2, -0.15) is 28.5 Å². The van der Waals surface area contributed by atoms with E-state index >= 15 is 0 Å². The van der Waals surface area contributed by atoms with E-state index in [-0.39, 0.29) is 0 Å². The lowest BCUT2D eigenvalue weighted by Crippen LogP contribution is -2.34. The Morgan fingerprint density at radius 2 is 1.91 bits per heavy atom. The zero-order valence-electron chi connectivity index (χ0n) is 12.1. The first-order chi connectivity index (χ1) is 10.8. The monoisotopic (exact) mass is 355 g/mol. The summed E-state index contributed by atoms with van der Waals surface area (Å²) in [6.45, 7) is 0.869. The molecular weight excluding hydrogens is 338 g/mol. The van der Waals surface area contributed by atoms with Gasteiger partial charge in [-0.05, 0) is 24.3 Å². The minimum Gasteiger partial charge on any atom is -0.339 e. The second kappa shape index (κ2) is 8.24. The fourth-order valence-electron chi connectivity index (χ4n) is 2.19. The van der Waals surface area contributed by atoms with E-state index in [4.69, 9.17) is 16.1 Å². The lowest BCUT2D eigenvalue weighted by Gasteiger charge is -2.14. The molecule has 4 nitrogen and oxygen atoms in total. The van der Waals surface area contributed by atoms with E-state index in [9.17, 15) is 0 Å². The Morgan fingerprint density at radius 3 is 2.64 bits per heavy atom. The van der Waals surface area contributed by atoms with Gasteiger partial charge in [0, 0.05) is 52.6 Å². The molecule has 0 saturated carbocycles. The average Bonchev–Trinajstić information content (AvgIpc) is 2.84. The van der Waals surface area contributed by atoms with Crippen LogP contribution in [0.4, 0.5) is 0 Å². The second-order valence-corrected chi connectivity index (χ2v) is 7.81. The molecule has 118 valence electrons. The van der Waals surface area contributed by atoms with Crippen molar-refractivity contribution in [1.29, 1.82) is 0 Å². The van der Waals surface area contributed by atoms with Gasteiger partial charge in [0.25, 0.3) is 0 Å². The number of nitrogens with zero attached hydrogens (tertiary/aromatic N) is 2. The number of benzene rings is 1. The topological polar surface area (TPSA) is 51.0 Å². The summed E-state index contributed by atoms with van der Waals surface area (Å²) in [4.78, 5) is 4.44. The number of rotatable bonds is 5. The Bertz CT molecular complexity index is 583. The molecule has 0 atom stereocenters. The fraction of sp³-hybridized carbons (Fsp3) is 0.467. The van der Waals surface area contributed by atoms with Crippen molar-refractivity contribution in [2.45, 2.75) is 12.5 Å². The SMILES string of the molecule is Clc1ccc(-c2noc(CCNC3CSCCSC3)n2)cc1. The molecule has 1 aromatic heterocycles. The maximum absolute atomic E-state index is 5.88. The van der Waals surface area contributed by atoms with E-state index < -0.39 is 0 Å². The molecular formula is C15H18ClN3OS2. The van der Waals surface area contributed by atoms with Crippen LogP contribution >= 0.6 is 35.1 Å². The first-order valence-electron chi connectivity index (χ1n) is 7.28. The Kier molecular flexibility index (Phi) is 6.06. The van der Waals surface area contributed by atoms with Crippen molar-refractivity contribution >= 4 is 35.1 Å². The molecule has 1 aromatic carbocycles. The van der Waals surface area contributed by atoms with Gasteiger partial charge in [0.1, 0.15) is 0 Å². The lowest BCUT2D eigenvalue weighted by atomic mass is 10.2. The van der Waals surface area contributed by atoms with Crippen molar-refractivity contribution in [2.24, 2.45) is 0 Å². The molecule has 3 rings (SSSR count). The number of aromatic nitrogens is 2. The molecule has 2 heterocycles. The van der Waals surface area contributed by atoms with E-state index in [1.807, 2.05) is 47.8 Å². The molecule has 7 heteroatoms. The Hall–Kier alpha value is -0.690. The molecule has 0 unspecified atom stereocenters. The summed E-state index contributed by atoms with van der Waals surface area (Å²) in [7, 11) is 0. The van der Waals surface area contributed by atoms with Crippen molar-refractivity contribution in [3.05, 3.63) is 35.2 Å². The summed E-state index contributed by atoms with van der Waals surface area (Å²) in [6, 6.07) is 8.03. The number of halogens is 1. The molecule has 0 spiro atoms. The predicted molar refractivity (Wildman–Crippen MR) is 94.9 cm³/mol. The van der Waals surface area contributed by atoms with Crippen LogP contribution in [0.3, 0.4) is 0 Å². The molecule has 0 aliphatic carbocycles. The van der Waals surface area contributed by atoms with Gasteiger partial charge < -0.3 is 9.84 Å². The summed E-state index contributed by atoms with van der Waals surface area (Å²) in [5.74, 6) is 6.19. The van der Waals surface area contributed by atoms with E-state index in [0.29, 0.717) is 22.8 Å². The number of thioether (sulfide) groups is 2. The smallest absolute Gasteiger partial charge is 0.228 e. The van der Waals surface area contributed by atoms with Crippen molar-refractivity contribution in [1.82, 2.24) is 15.5 Å². The zero-order chi connectivity index (χ0) is 15.2. The summed E-state index contributed by atoms with van der Waals surface area (Å²) >= 11 is 9.94. The largest absolute Gasteiger partial charge is 0.339 e. The predicted octanol–water partition coefficient (Wildman–Crippen LogP) is 3.37. The van der Waals surface area contributed by atoms with Crippen LogP contribution in [-0.4, -0.2) is 45.7 Å². The van der Waals surface area contributed by atoms with Crippen molar-refractivity contribution in [3.8, 4) is 11.4 Å². The van der Waals surface area contributed by atoms with Gasteiger partial charge in [0.15, 0.2) is 0 Å². The number of hydrogen-bond donors (Lipinski definition) is 1. The highest BCUT2D eigenvalue weighted by atomic mass is 35.5. The minimum absolute atomic E-state index is 0.580. The van der Waals surface area contributed by atoms with Crippen molar-refractivity contribution < 1.29 is 4.52 Å². The third-order valence-electron chi connectivity index (χ3n) is 3.35. The van der Waals surface area contributed by atoms with Gasteiger partial charge in [0.05, 0.1) is 0 Å². The van der Waals surface area contributed by atoms with Gasteiger partial charge in [0.2, 0.25) is 11.7 Å². The third-order valence-corrected chi connectivity index (χ3v) is 6.12. The molecule has 0 radical (unpaired) electrons.